The summed E-state index contributed by atoms with van der Waals surface area (Å²) in [6.07, 6.45) is 0.879. The van der Waals surface area contributed by atoms with Crippen LogP contribution in [0, 0.1) is 6.92 Å². The van der Waals surface area contributed by atoms with Crippen molar-refractivity contribution >= 4 is 23.6 Å². The minimum Gasteiger partial charge on any atom is -0.354 e. The predicted molar refractivity (Wildman–Crippen MR) is 103 cm³/mol. The zero-order valence-electron chi connectivity index (χ0n) is 14.6. The number of aryl methyl sites for hydroxylation is 1. The lowest BCUT2D eigenvalue weighted by Gasteiger charge is -2.14. The van der Waals surface area contributed by atoms with Crippen LogP contribution in [0.1, 0.15) is 29.3 Å². The van der Waals surface area contributed by atoms with E-state index in [0.29, 0.717) is 12.1 Å². The maximum Gasteiger partial charge on any atom is 0.251 e. The number of hydrogen-bond acceptors (Lipinski definition) is 3. The third-order valence-corrected chi connectivity index (χ3v) is 4.75. The zero-order chi connectivity index (χ0) is 18.1. The summed E-state index contributed by atoms with van der Waals surface area (Å²) >= 11 is 1.77. The molecule has 0 aliphatic heterocycles. The summed E-state index contributed by atoms with van der Waals surface area (Å²) in [5.41, 5.74) is 1.58. The fourth-order valence-electron chi connectivity index (χ4n) is 2.28. The second kappa shape index (κ2) is 9.89. The summed E-state index contributed by atoms with van der Waals surface area (Å²) in [5, 5.41) is 5.60. The highest BCUT2D eigenvalue weighted by Crippen LogP contribution is 2.17. The van der Waals surface area contributed by atoms with Crippen LogP contribution in [0.2, 0.25) is 0 Å². The lowest BCUT2D eigenvalue weighted by molar-refractivity contribution is -0.122. The van der Waals surface area contributed by atoms with E-state index in [2.05, 4.69) is 22.8 Å². The van der Waals surface area contributed by atoms with Crippen LogP contribution >= 0.6 is 11.8 Å². The van der Waals surface area contributed by atoms with Gasteiger partial charge in [-0.1, -0.05) is 35.9 Å². The zero-order valence-corrected chi connectivity index (χ0v) is 15.4. The van der Waals surface area contributed by atoms with Crippen molar-refractivity contribution in [3.8, 4) is 0 Å². The number of carbonyl (C=O) groups excluding carboxylic acids is 2. The van der Waals surface area contributed by atoms with Gasteiger partial charge in [-0.2, -0.15) is 0 Å². The van der Waals surface area contributed by atoms with E-state index >= 15 is 0 Å². The van der Waals surface area contributed by atoms with Crippen LogP contribution in [0.3, 0.4) is 0 Å². The monoisotopic (exact) mass is 356 g/mol. The van der Waals surface area contributed by atoms with Gasteiger partial charge in [-0.25, -0.2) is 0 Å². The minimum atomic E-state index is -0.560. The van der Waals surface area contributed by atoms with Crippen molar-refractivity contribution in [3.63, 3.8) is 0 Å². The molecule has 0 saturated heterocycles. The fraction of sp³-hybridized carbons (Fsp3) is 0.300. The Labute approximate surface area is 153 Å². The molecule has 0 aliphatic rings. The van der Waals surface area contributed by atoms with Crippen molar-refractivity contribution in [2.24, 2.45) is 0 Å². The van der Waals surface area contributed by atoms with Crippen LogP contribution in [-0.4, -0.2) is 30.2 Å². The number of benzene rings is 2. The summed E-state index contributed by atoms with van der Waals surface area (Å²) in [4.78, 5) is 25.5. The van der Waals surface area contributed by atoms with Gasteiger partial charge in [0, 0.05) is 17.0 Å². The molecule has 1 unspecified atom stereocenters. The molecule has 2 rings (SSSR count). The molecule has 5 heteroatoms. The summed E-state index contributed by atoms with van der Waals surface area (Å²) in [5.74, 6) is 0.547. The first-order valence-electron chi connectivity index (χ1n) is 8.39. The molecule has 4 nitrogen and oxygen atoms in total. The molecule has 0 aliphatic carbocycles. The van der Waals surface area contributed by atoms with Gasteiger partial charge in [0.1, 0.15) is 6.04 Å². The van der Waals surface area contributed by atoms with Gasteiger partial charge in [-0.3, -0.25) is 9.59 Å². The minimum absolute atomic E-state index is 0.161. The van der Waals surface area contributed by atoms with Crippen molar-refractivity contribution in [1.29, 1.82) is 0 Å². The number of thioether (sulfide) groups is 1. The summed E-state index contributed by atoms with van der Waals surface area (Å²) in [6.45, 7) is 4.23. The molecular formula is C20H24N2O2S. The van der Waals surface area contributed by atoms with Gasteiger partial charge in [0.2, 0.25) is 5.91 Å². The van der Waals surface area contributed by atoms with Crippen molar-refractivity contribution in [1.82, 2.24) is 10.6 Å². The number of rotatable bonds is 8. The lowest BCUT2D eigenvalue weighted by atomic mass is 10.1. The highest BCUT2D eigenvalue weighted by molar-refractivity contribution is 7.99. The summed E-state index contributed by atoms with van der Waals surface area (Å²) in [6, 6.07) is 16.9. The number of nitrogens with one attached hydrogen (secondary N) is 2. The second-order valence-electron chi connectivity index (χ2n) is 5.87. The molecule has 0 fully saturated rings. The summed E-state index contributed by atoms with van der Waals surface area (Å²) in [7, 11) is 0. The van der Waals surface area contributed by atoms with Gasteiger partial charge < -0.3 is 10.6 Å². The maximum absolute atomic E-state index is 12.2. The molecule has 1 atom stereocenters. The van der Waals surface area contributed by atoms with E-state index in [1.54, 1.807) is 30.8 Å². The van der Waals surface area contributed by atoms with Crippen molar-refractivity contribution in [3.05, 3.63) is 65.7 Å². The fourth-order valence-corrected chi connectivity index (χ4v) is 3.15. The van der Waals surface area contributed by atoms with Gasteiger partial charge in [0.25, 0.3) is 5.91 Å². The first-order valence-corrected chi connectivity index (χ1v) is 9.38. The van der Waals surface area contributed by atoms with Gasteiger partial charge in [0.15, 0.2) is 0 Å². The van der Waals surface area contributed by atoms with E-state index in [-0.39, 0.29) is 11.8 Å². The average molecular weight is 356 g/mol. The molecule has 2 N–H and O–H groups in total. The van der Waals surface area contributed by atoms with Crippen LogP contribution < -0.4 is 10.6 Å². The Balaban J connectivity index is 1.67. The van der Waals surface area contributed by atoms with E-state index in [1.165, 1.54) is 4.90 Å². The van der Waals surface area contributed by atoms with E-state index in [0.717, 1.165) is 17.7 Å². The average Bonchev–Trinajstić information content (AvgIpc) is 2.62. The number of carbonyl (C=O) groups is 2. The Hall–Kier alpha value is -2.27. The highest BCUT2D eigenvalue weighted by Gasteiger charge is 2.16. The molecule has 2 aromatic carbocycles. The van der Waals surface area contributed by atoms with Crippen molar-refractivity contribution in [2.45, 2.75) is 31.2 Å². The van der Waals surface area contributed by atoms with Crippen molar-refractivity contribution in [2.75, 3.05) is 12.3 Å². The molecule has 2 amide bonds. The molecule has 2 aromatic rings. The van der Waals surface area contributed by atoms with Crippen LogP contribution in [0.4, 0.5) is 0 Å². The SMILES string of the molecule is Cc1cccc(C(=O)NC(C)C(=O)NCCCSc2ccccc2)c1. The van der Waals surface area contributed by atoms with Gasteiger partial charge >= 0.3 is 0 Å². The maximum atomic E-state index is 12.2. The Morgan fingerprint density at radius 1 is 1.08 bits per heavy atom. The molecule has 132 valence electrons. The molecule has 0 aromatic heterocycles. The van der Waals surface area contributed by atoms with E-state index in [4.69, 9.17) is 0 Å². The van der Waals surface area contributed by atoms with E-state index in [9.17, 15) is 9.59 Å². The third-order valence-electron chi connectivity index (χ3n) is 3.65. The lowest BCUT2D eigenvalue weighted by Crippen LogP contribution is -2.45. The predicted octanol–water partition coefficient (Wildman–Crippen LogP) is 3.41. The molecule has 0 heterocycles. The first-order chi connectivity index (χ1) is 12.1. The quantitative estimate of drug-likeness (QED) is 0.563. The van der Waals surface area contributed by atoms with Gasteiger partial charge in [-0.15, -0.1) is 11.8 Å². The van der Waals surface area contributed by atoms with Crippen LogP contribution in [-0.2, 0) is 4.79 Å². The molecule has 0 spiro atoms. The van der Waals surface area contributed by atoms with Crippen LogP contribution in [0.5, 0.6) is 0 Å². The Kier molecular flexibility index (Phi) is 7.54. The smallest absolute Gasteiger partial charge is 0.251 e. The molecule has 25 heavy (non-hydrogen) atoms. The molecular weight excluding hydrogens is 332 g/mol. The van der Waals surface area contributed by atoms with Crippen LogP contribution in [0.25, 0.3) is 0 Å². The number of hydrogen-bond donors (Lipinski definition) is 2. The van der Waals surface area contributed by atoms with Crippen LogP contribution in [0.15, 0.2) is 59.5 Å². The topological polar surface area (TPSA) is 58.2 Å². The number of amides is 2. The molecule has 0 radical (unpaired) electrons. The second-order valence-corrected chi connectivity index (χ2v) is 7.04. The normalized spacial score (nSPS) is 11.6. The first kappa shape index (κ1) is 19.1. The largest absolute Gasteiger partial charge is 0.354 e. The summed E-state index contributed by atoms with van der Waals surface area (Å²) < 4.78 is 0. The van der Waals surface area contributed by atoms with Gasteiger partial charge in [-0.05, 0) is 50.3 Å². The Bertz CT molecular complexity index is 704. The van der Waals surface area contributed by atoms with Crippen molar-refractivity contribution < 1.29 is 9.59 Å². The standard InChI is InChI=1S/C20H24N2O2S/c1-15-8-6-9-17(14-15)20(24)22-16(2)19(23)21-12-7-13-25-18-10-4-3-5-11-18/h3-6,8-11,14,16H,7,12-13H2,1-2H3,(H,21,23)(H,22,24). The Morgan fingerprint density at radius 2 is 1.84 bits per heavy atom. The molecule has 0 saturated carbocycles. The highest BCUT2D eigenvalue weighted by atomic mass is 32.2. The van der Waals surface area contributed by atoms with E-state index < -0.39 is 6.04 Å². The third kappa shape index (κ3) is 6.63. The van der Waals surface area contributed by atoms with Gasteiger partial charge in [0.05, 0.1) is 0 Å². The Morgan fingerprint density at radius 3 is 2.56 bits per heavy atom. The molecule has 0 bridgehead atoms. The van der Waals surface area contributed by atoms with E-state index in [1.807, 2.05) is 37.3 Å².